The van der Waals surface area contributed by atoms with Crippen LogP contribution in [0, 0.1) is 13.8 Å². The standard InChI is InChI=1S/C25H23N3O4/c1-17-5-3-7-20(13-17)24(30)26-16-23(29)28-27-15-19-9-11-22(12-10-19)32-25(31)21-8-4-6-18(2)14-21/h3-15H,16H2,1-2H3,(H,26,30)(H,28,29)/b27-15+. The number of nitrogens with one attached hydrogen (secondary N) is 2. The first-order chi connectivity index (χ1) is 15.4. The molecule has 3 aromatic carbocycles. The van der Waals surface area contributed by atoms with E-state index in [-0.39, 0.29) is 12.5 Å². The van der Waals surface area contributed by atoms with Crippen LogP contribution in [0.15, 0.2) is 77.9 Å². The average molecular weight is 429 g/mol. The lowest BCUT2D eigenvalue weighted by atomic mass is 10.1. The Morgan fingerprint density at radius 1 is 0.875 bits per heavy atom. The number of carbonyl (C=O) groups excluding carboxylic acids is 3. The van der Waals surface area contributed by atoms with Crippen molar-refractivity contribution in [3.8, 4) is 5.75 Å². The maximum atomic E-state index is 12.2. The Hall–Kier alpha value is -4.26. The summed E-state index contributed by atoms with van der Waals surface area (Å²) in [7, 11) is 0. The van der Waals surface area contributed by atoms with E-state index >= 15 is 0 Å². The first kappa shape index (κ1) is 22.4. The lowest BCUT2D eigenvalue weighted by Gasteiger charge is -2.06. The van der Waals surface area contributed by atoms with Crippen molar-refractivity contribution in [3.63, 3.8) is 0 Å². The van der Waals surface area contributed by atoms with Crippen LogP contribution in [0.4, 0.5) is 0 Å². The van der Waals surface area contributed by atoms with Crippen molar-refractivity contribution in [1.82, 2.24) is 10.7 Å². The molecule has 2 N–H and O–H groups in total. The zero-order valence-electron chi connectivity index (χ0n) is 17.8. The average Bonchev–Trinajstić information content (AvgIpc) is 2.78. The van der Waals surface area contributed by atoms with Gasteiger partial charge in [-0.05, 0) is 67.9 Å². The van der Waals surface area contributed by atoms with E-state index in [0.717, 1.165) is 11.1 Å². The summed E-state index contributed by atoms with van der Waals surface area (Å²) >= 11 is 0. The molecule has 0 aromatic heterocycles. The van der Waals surface area contributed by atoms with Gasteiger partial charge in [-0.15, -0.1) is 0 Å². The molecule has 7 nitrogen and oxygen atoms in total. The highest BCUT2D eigenvalue weighted by Gasteiger charge is 2.09. The molecule has 0 bridgehead atoms. The Balaban J connectivity index is 1.45. The summed E-state index contributed by atoms with van der Waals surface area (Å²) in [5.41, 5.74) is 5.96. The predicted molar refractivity (Wildman–Crippen MR) is 122 cm³/mol. The predicted octanol–water partition coefficient (Wildman–Crippen LogP) is 3.40. The van der Waals surface area contributed by atoms with Gasteiger partial charge in [0.15, 0.2) is 0 Å². The molecule has 32 heavy (non-hydrogen) atoms. The third-order valence-electron chi connectivity index (χ3n) is 4.44. The molecule has 2 amide bonds. The minimum atomic E-state index is -0.453. The summed E-state index contributed by atoms with van der Waals surface area (Å²) in [5.74, 6) is -0.818. The highest BCUT2D eigenvalue weighted by Crippen LogP contribution is 2.14. The molecular formula is C25H23N3O4. The van der Waals surface area contributed by atoms with Gasteiger partial charge in [0.2, 0.25) is 0 Å². The van der Waals surface area contributed by atoms with Crippen LogP contribution < -0.4 is 15.5 Å². The Morgan fingerprint density at radius 3 is 2.16 bits per heavy atom. The molecule has 0 aliphatic carbocycles. The number of benzene rings is 3. The van der Waals surface area contributed by atoms with Gasteiger partial charge in [-0.3, -0.25) is 9.59 Å². The Kier molecular flexibility index (Phi) is 7.48. The topological polar surface area (TPSA) is 96.9 Å². The summed E-state index contributed by atoms with van der Waals surface area (Å²) in [6.45, 7) is 3.60. The van der Waals surface area contributed by atoms with Crippen molar-refractivity contribution in [2.75, 3.05) is 6.54 Å². The van der Waals surface area contributed by atoms with Crippen LogP contribution in [-0.2, 0) is 4.79 Å². The molecule has 0 fully saturated rings. The zero-order chi connectivity index (χ0) is 22.9. The zero-order valence-corrected chi connectivity index (χ0v) is 17.8. The number of rotatable bonds is 7. The summed E-state index contributed by atoms with van der Waals surface area (Å²) in [5, 5.41) is 6.41. The molecule has 3 rings (SSSR count). The summed E-state index contributed by atoms with van der Waals surface area (Å²) in [6, 6.07) is 20.9. The SMILES string of the molecule is Cc1cccc(C(=O)NCC(=O)N/N=C/c2ccc(OC(=O)c3cccc(C)c3)cc2)c1. The Labute approximate surface area is 186 Å². The number of hydrazone groups is 1. The fraction of sp³-hybridized carbons (Fsp3) is 0.120. The minimum absolute atomic E-state index is 0.196. The van der Waals surface area contributed by atoms with Crippen LogP contribution in [0.5, 0.6) is 5.75 Å². The molecule has 0 aliphatic rings. The van der Waals surface area contributed by atoms with Gasteiger partial charge in [0.05, 0.1) is 18.3 Å². The van der Waals surface area contributed by atoms with E-state index in [0.29, 0.717) is 22.4 Å². The number of ether oxygens (including phenoxy) is 1. The van der Waals surface area contributed by atoms with Gasteiger partial charge in [-0.25, -0.2) is 10.2 Å². The molecule has 0 spiro atoms. The fourth-order valence-electron chi connectivity index (χ4n) is 2.83. The summed E-state index contributed by atoms with van der Waals surface area (Å²) in [6.07, 6.45) is 1.45. The highest BCUT2D eigenvalue weighted by molar-refractivity contribution is 5.96. The van der Waals surface area contributed by atoms with E-state index in [1.165, 1.54) is 6.21 Å². The van der Waals surface area contributed by atoms with Crippen molar-refractivity contribution in [3.05, 3.63) is 101 Å². The van der Waals surface area contributed by atoms with Crippen LogP contribution >= 0.6 is 0 Å². The number of hydrogen-bond acceptors (Lipinski definition) is 5. The maximum Gasteiger partial charge on any atom is 0.343 e. The van der Waals surface area contributed by atoms with Crippen LogP contribution in [0.2, 0.25) is 0 Å². The smallest absolute Gasteiger partial charge is 0.343 e. The van der Waals surface area contributed by atoms with Gasteiger partial charge in [0.25, 0.3) is 11.8 Å². The highest BCUT2D eigenvalue weighted by atomic mass is 16.5. The Morgan fingerprint density at radius 2 is 1.50 bits per heavy atom. The van der Waals surface area contributed by atoms with Gasteiger partial charge >= 0.3 is 5.97 Å². The summed E-state index contributed by atoms with van der Waals surface area (Å²) < 4.78 is 5.36. The molecular weight excluding hydrogens is 406 g/mol. The monoisotopic (exact) mass is 429 g/mol. The van der Waals surface area contributed by atoms with Gasteiger partial charge in [0.1, 0.15) is 5.75 Å². The largest absolute Gasteiger partial charge is 0.423 e. The Bertz CT molecular complexity index is 1150. The molecule has 0 unspecified atom stereocenters. The first-order valence-electron chi connectivity index (χ1n) is 9.96. The van der Waals surface area contributed by atoms with Crippen LogP contribution in [0.25, 0.3) is 0 Å². The van der Waals surface area contributed by atoms with E-state index in [1.807, 2.05) is 26.0 Å². The van der Waals surface area contributed by atoms with E-state index in [2.05, 4.69) is 15.8 Å². The molecule has 162 valence electrons. The fourth-order valence-corrected chi connectivity index (χ4v) is 2.83. The van der Waals surface area contributed by atoms with Crippen LogP contribution in [0.1, 0.15) is 37.4 Å². The molecule has 0 aliphatic heterocycles. The van der Waals surface area contributed by atoms with Crippen LogP contribution in [-0.4, -0.2) is 30.5 Å². The molecule has 0 heterocycles. The molecule has 7 heteroatoms. The number of nitrogens with zero attached hydrogens (tertiary/aromatic N) is 1. The lowest BCUT2D eigenvalue weighted by molar-refractivity contribution is -0.120. The van der Waals surface area contributed by atoms with Gasteiger partial charge in [-0.2, -0.15) is 5.10 Å². The normalized spacial score (nSPS) is 10.6. The van der Waals surface area contributed by atoms with E-state index in [1.54, 1.807) is 60.7 Å². The maximum absolute atomic E-state index is 12.2. The third-order valence-corrected chi connectivity index (χ3v) is 4.44. The van der Waals surface area contributed by atoms with E-state index < -0.39 is 11.9 Å². The van der Waals surface area contributed by atoms with Crippen molar-refractivity contribution in [2.24, 2.45) is 5.10 Å². The molecule has 0 atom stereocenters. The van der Waals surface area contributed by atoms with Gasteiger partial charge in [0, 0.05) is 5.56 Å². The van der Waals surface area contributed by atoms with Crippen molar-refractivity contribution < 1.29 is 19.1 Å². The first-order valence-corrected chi connectivity index (χ1v) is 9.96. The van der Waals surface area contributed by atoms with Gasteiger partial charge in [-0.1, -0.05) is 35.4 Å². The van der Waals surface area contributed by atoms with Crippen molar-refractivity contribution in [1.29, 1.82) is 0 Å². The van der Waals surface area contributed by atoms with Crippen molar-refractivity contribution in [2.45, 2.75) is 13.8 Å². The third kappa shape index (κ3) is 6.63. The number of carbonyl (C=O) groups is 3. The second-order valence-corrected chi connectivity index (χ2v) is 7.17. The minimum Gasteiger partial charge on any atom is -0.423 e. The van der Waals surface area contributed by atoms with E-state index in [4.69, 9.17) is 4.74 Å². The van der Waals surface area contributed by atoms with Gasteiger partial charge < -0.3 is 10.1 Å². The molecule has 0 radical (unpaired) electrons. The summed E-state index contributed by atoms with van der Waals surface area (Å²) in [4.78, 5) is 36.1. The quantitative estimate of drug-likeness (QED) is 0.260. The van der Waals surface area contributed by atoms with E-state index in [9.17, 15) is 14.4 Å². The number of hydrogen-bond donors (Lipinski definition) is 2. The molecule has 0 saturated heterocycles. The van der Waals surface area contributed by atoms with Crippen molar-refractivity contribution >= 4 is 24.0 Å². The number of aryl methyl sites for hydroxylation is 2. The van der Waals surface area contributed by atoms with Crippen LogP contribution in [0.3, 0.4) is 0 Å². The number of esters is 1. The molecule has 0 saturated carbocycles. The second kappa shape index (κ2) is 10.7. The molecule has 3 aromatic rings. The lowest BCUT2D eigenvalue weighted by Crippen LogP contribution is -2.34. The number of amides is 2. The second-order valence-electron chi connectivity index (χ2n) is 7.17.